The van der Waals surface area contributed by atoms with Gasteiger partial charge in [0.05, 0.1) is 6.61 Å². The summed E-state index contributed by atoms with van der Waals surface area (Å²) in [6.45, 7) is 3.83. The Bertz CT molecular complexity index is 1170. The van der Waals surface area contributed by atoms with Crippen LogP contribution < -0.4 is 9.62 Å². The highest BCUT2D eigenvalue weighted by Crippen LogP contribution is 2.39. The fourth-order valence-corrected chi connectivity index (χ4v) is 7.21. The summed E-state index contributed by atoms with van der Waals surface area (Å²) in [5.74, 6) is -0.0538. The Labute approximate surface area is 218 Å². The van der Waals surface area contributed by atoms with E-state index in [1.54, 1.807) is 12.1 Å². The molecule has 10 heteroatoms. The second-order valence-electron chi connectivity index (χ2n) is 10.9. The van der Waals surface area contributed by atoms with E-state index < -0.39 is 21.7 Å². The van der Waals surface area contributed by atoms with Crippen molar-refractivity contribution >= 4 is 15.8 Å². The lowest BCUT2D eigenvalue weighted by Crippen LogP contribution is -2.42. The zero-order valence-electron chi connectivity index (χ0n) is 21.3. The molecular weight excluding hydrogens is 498 g/mol. The van der Waals surface area contributed by atoms with E-state index in [4.69, 9.17) is 4.74 Å². The average molecular weight is 535 g/mol. The van der Waals surface area contributed by atoms with Crippen LogP contribution >= 0.6 is 0 Å². The number of nitrogens with one attached hydrogen (secondary N) is 1. The number of aromatic nitrogens is 1. The molecule has 3 heterocycles. The van der Waals surface area contributed by atoms with Crippen LogP contribution in [0, 0.1) is 17.0 Å². The summed E-state index contributed by atoms with van der Waals surface area (Å²) in [6, 6.07) is 6.97. The van der Waals surface area contributed by atoms with Gasteiger partial charge in [0, 0.05) is 50.1 Å². The van der Waals surface area contributed by atoms with Crippen LogP contribution in [0.15, 0.2) is 41.4 Å². The summed E-state index contributed by atoms with van der Waals surface area (Å²) in [6.07, 6.45) is 7.65. The fourth-order valence-electron chi connectivity index (χ4n) is 5.96. The summed E-state index contributed by atoms with van der Waals surface area (Å²) in [4.78, 5) is 8.90. The molecule has 7 nitrogen and oxygen atoms in total. The van der Waals surface area contributed by atoms with E-state index in [1.165, 1.54) is 12.3 Å². The number of nitrogens with zero attached hydrogens (tertiary/aromatic N) is 3. The van der Waals surface area contributed by atoms with Crippen molar-refractivity contribution in [3.8, 4) is 0 Å². The van der Waals surface area contributed by atoms with Crippen molar-refractivity contribution in [3.63, 3.8) is 0 Å². The first-order valence-electron chi connectivity index (χ1n) is 13.2. The number of hydrogen-bond acceptors (Lipinski definition) is 6. The van der Waals surface area contributed by atoms with Gasteiger partial charge in [-0.25, -0.2) is 26.9 Å². The number of piperidine rings is 1. The predicted molar refractivity (Wildman–Crippen MR) is 138 cm³/mol. The van der Waals surface area contributed by atoms with Gasteiger partial charge in [-0.3, -0.25) is 4.90 Å². The van der Waals surface area contributed by atoms with Crippen molar-refractivity contribution in [2.75, 3.05) is 38.3 Å². The number of sulfonamides is 1. The quantitative estimate of drug-likeness (QED) is 0.577. The molecule has 0 unspecified atom stereocenters. The molecule has 37 heavy (non-hydrogen) atoms. The highest BCUT2D eigenvalue weighted by atomic mass is 32.2. The molecule has 2 aliphatic heterocycles. The minimum Gasteiger partial charge on any atom is -0.381 e. The standard InChI is InChI=1S/C27H36F2N4O3S/c1-32(18-20-16-21(28)2-8-25(20)29)23-5-3-22(4-6-23)31-37(34,35)24-7-9-26(30-17-24)33-13-10-27(11-14-33)12-15-36-19-27/h2,7-9,16-17,22-23,31H,3-6,10-15,18-19H2,1H3/t22-,23-. The van der Waals surface area contributed by atoms with Gasteiger partial charge >= 0.3 is 0 Å². The molecule has 0 atom stereocenters. The Morgan fingerprint density at radius 2 is 1.86 bits per heavy atom. The lowest BCUT2D eigenvalue weighted by Gasteiger charge is -2.38. The zero-order valence-corrected chi connectivity index (χ0v) is 22.2. The Morgan fingerprint density at radius 3 is 2.51 bits per heavy atom. The monoisotopic (exact) mass is 534 g/mol. The van der Waals surface area contributed by atoms with Crippen LogP contribution in [0.5, 0.6) is 0 Å². The molecule has 0 radical (unpaired) electrons. The molecule has 1 aromatic heterocycles. The van der Waals surface area contributed by atoms with Crippen LogP contribution in [-0.2, 0) is 21.3 Å². The van der Waals surface area contributed by atoms with Crippen LogP contribution in [0.2, 0.25) is 0 Å². The van der Waals surface area contributed by atoms with Crippen molar-refractivity contribution in [1.82, 2.24) is 14.6 Å². The second kappa shape index (κ2) is 10.9. The molecule has 2 aromatic rings. The van der Waals surface area contributed by atoms with Gasteiger partial charge < -0.3 is 9.64 Å². The topological polar surface area (TPSA) is 74.8 Å². The van der Waals surface area contributed by atoms with Gasteiger partial charge in [0.25, 0.3) is 0 Å². The largest absolute Gasteiger partial charge is 0.381 e. The van der Waals surface area contributed by atoms with Gasteiger partial charge in [-0.1, -0.05) is 0 Å². The van der Waals surface area contributed by atoms with Gasteiger partial charge in [-0.2, -0.15) is 0 Å². The number of ether oxygens (including phenoxy) is 1. The maximum atomic E-state index is 14.0. The van der Waals surface area contributed by atoms with E-state index in [0.29, 0.717) is 30.4 Å². The molecular formula is C27H36F2N4O3S. The first kappa shape index (κ1) is 26.5. The van der Waals surface area contributed by atoms with E-state index >= 15 is 0 Å². The molecule has 202 valence electrons. The molecule has 0 bridgehead atoms. The summed E-state index contributed by atoms with van der Waals surface area (Å²) >= 11 is 0. The molecule has 1 spiro atoms. The molecule has 1 aliphatic carbocycles. The minimum atomic E-state index is -3.67. The first-order chi connectivity index (χ1) is 17.7. The van der Waals surface area contributed by atoms with E-state index in [9.17, 15) is 17.2 Å². The van der Waals surface area contributed by atoms with Crippen LogP contribution in [0.3, 0.4) is 0 Å². The van der Waals surface area contributed by atoms with Crippen LogP contribution in [-0.4, -0.2) is 63.7 Å². The van der Waals surface area contributed by atoms with Crippen LogP contribution in [0.4, 0.5) is 14.6 Å². The Kier molecular flexibility index (Phi) is 7.81. The summed E-state index contributed by atoms with van der Waals surface area (Å²) in [5.41, 5.74) is 0.644. The average Bonchev–Trinajstić information content (AvgIpc) is 3.35. The highest BCUT2D eigenvalue weighted by molar-refractivity contribution is 7.89. The molecule has 3 fully saturated rings. The van der Waals surface area contributed by atoms with Gasteiger partial charge in [0.15, 0.2) is 0 Å². The van der Waals surface area contributed by atoms with E-state index in [0.717, 1.165) is 76.4 Å². The normalized spacial score (nSPS) is 24.2. The van der Waals surface area contributed by atoms with Gasteiger partial charge in [0.2, 0.25) is 10.0 Å². The number of rotatable bonds is 7. The van der Waals surface area contributed by atoms with Crippen molar-refractivity contribution in [2.24, 2.45) is 5.41 Å². The molecule has 2 saturated heterocycles. The Morgan fingerprint density at radius 1 is 1.11 bits per heavy atom. The summed E-state index contributed by atoms with van der Waals surface area (Å²) in [5, 5.41) is 0. The summed E-state index contributed by atoms with van der Waals surface area (Å²) in [7, 11) is -1.78. The third-order valence-electron chi connectivity index (χ3n) is 8.43. The third-order valence-corrected chi connectivity index (χ3v) is 9.94. The Hall–Kier alpha value is -2.14. The number of anilines is 1. The van der Waals surface area contributed by atoms with Gasteiger partial charge in [-0.05, 0) is 87.7 Å². The zero-order chi connectivity index (χ0) is 26.0. The van der Waals surface area contributed by atoms with Gasteiger partial charge in [-0.15, -0.1) is 0 Å². The molecule has 3 aliphatic rings. The molecule has 5 rings (SSSR count). The maximum absolute atomic E-state index is 14.0. The second-order valence-corrected chi connectivity index (χ2v) is 12.6. The number of hydrogen-bond donors (Lipinski definition) is 1. The molecule has 0 amide bonds. The van der Waals surface area contributed by atoms with E-state index in [-0.39, 0.29) is 17.0 Å². The lowest BCUT2D eigenvalue weighted by atomic mass is 9.78. The van der Waals surface area contributed by atoms with Crippen LogP contribution in [0.1, 0.15) is 50.5 Å². The third kappa shape index (κ3) is 6.13. The fraction of sp³-hybridized carbons (Fsp3) is 0.593. The van der Waals surface area contributed by atoms with Crippen molar-refractivity contribution in [1.29, 1.82) is 0 Å². The van der Waals surface area contributed by atoms with Crippen LogP contribution in [0.25, 0.3) is 0 Å². The highest BCUT2D eigenvalue weighted by Gasteiger charge is 2.38. The first-order valence-corrected chi connectivity index (χ1v) is 14.7. The molecule has 1 aromatic carbocycles. The molecule has 1 N–H and O–H groups in total. The van der Waals surface area contributed by atoms with Crippen molar-refractivity contribution in [2.45, 2.75) is 68.5 Å². The maximum Gasteiger partial charge on any atom is 0.242 e. The summed E-state index contributed by atoms with van der Waals surface area (Å²) < 4.78 is 62.0. The number of pyridine rings is 1. The number of halogens is 2. The predicted octanol–water partition coefficient (Wildman–Crippen LogP) is 4.09. The van der Waals surface area contributed by atoms with Crippen molar-refractivity contribution in [3.05, 3.63) is 53.7 Å². The van der Waals surface area contributed by atoms with Crippen molar-refractivity contribution < 1.29 is 21.9 Å². The lowest BCUT2D eigenvalue weighted by molar-refractivity contribution is 0.133. The smallest absolute Gasteiger partial charge is 0.242 e. The van der Waals surface area contributed by atoms with E-state index in [1.807, 2.05) is 11.9 Å². The molecule has 1 saturated carbocycles. The number of benzene rings is 1. The Balaban J connectivity index is 1.12. The minimum absolute atomic E-state index is 0.160. The SMILES string of the molecule is CN(Cc1cc(F)ccc1F)[C@H]1CC[C@H](NS(=O)(=O)c2ccc(N3CCC4(CCOC4)CC3)nc2)CC1. The van der Waals surface area contributed by atoms with E-state index in [2.05, 4.69) is 14.6 Å². The van der Waals surface area contributed by atoms with Gasteiger partial charge in [0.1, 0.15) is 22.3 Å².